The van der Waals surface area contributed by atoms with Crippen LogP contribution in [0.5, 0.6) is 0 Å². The molecule has 0 radical (unpaired) electrons. The molecule has 1 saturated heterocycles. The van der Waals surface area contributed by atoms with Crippen molar-refractivity contribution in [2.45, 2.75) is 0 Å². The minimum absolute atomic E-state index is 0.120. The highest BCUT2D eigenvalue weighted by atomic mass is 16.6. The molecule has 3 rings (SSSR count). The van der Waals surface area contributed by atoms with Gasteiger partial charge in [-0.25, -0.2) is 9.97 Å². The largest absolute Gasteiger partial charge is 0.368 e. The topological polar surface area (TPSA) is 75.4 Å². The number of non-ortho nitro benzene ring substituents is 1. The van der Waals surface area contributed by atoms with E-state index >= 15 is 0 Å². The minimum Gasteiger partial charge on any atom is -0.368 e. The number of anilines is 2. The lowest BCUT2D eigenvalue weighted by Crippen LogP contribution is -2.47. The molecule has 0 bridgehead atoms. The SMILES string of the molecule is O=[N+]([O-])c1ccc(N2CCN(c3ncccn3)CC2)cc1. The summed E-state index contributed by atoms with van der Waals surface area (Å²) in [5, 5.41) is 10.7. The average Bonchev–Trinajstić information content (AvgIpc) is 2.56. The molecule has 0 saturated carbocycles. The zero-order valence-electron chi connectivity index (χ0n) is 11.4. The smallest absolute Gasteiger partial charge is 0.269 e. The van der Waals surface area contributed by atoms with Crippen molar-refractivity contribution in [3.05, 3.63) is 52.8 Å². The van der Waals surface area contributed by atoms with Crippen LogP contribution in [-0.4, -0.2) is 41.1 Å². The predicted molar refractivity (Wildman–Crippen MR) is 79.6 cm³/mol. The van der Waals surface area contributed by atoms with Gasteiger partial charge < -0.3 is 9.80 Å². The van der Waals surface area contributed by atoms with Gasteiger partial charge in [-0.1, -0.05) is 0 Å². The van der Waals surface area contributed by atoms with Crippen molar-refractivity contribution in [2.24, 2.45) is 0 Å². The Morgan fingerprint density at radius 1 is 0.952 bits per heavy atom. The second kappa shape index (κ2) is 5.74. The molecule has 2 aromatic rings. The maximum atomic E-state index is 10.7. The van der Waals surface area contributed by atoms with Gasteiger partial charge >= 0.3 is 0 Å². The first-order chi connectivity index (χ1) is 10.2. The third kappa shape index (κ3) is 2.91. The van der Waals surface area contributed by atoms with E-state index in [-0.39, 0.29) is 10.6 Å². The van der Waals surface area contributed by atoms with E-state index in [1.54, 1.807) is 42.7 Å². The number of hydrogen-bond acceptors (Lipinski definition) is 6. The summed E-state index contributed by atoms with van der Waals surface area (Å²) in [5.74, 6) is 0.751. The molecule has 7 nitrogen and oxygen atoms in total. The van der Waals surface area contributed by atoms with Crippen LogP contribution < -0.4 is 9.80 Å². The first kappa shape index (κ1) is 13.3. The van der Waals surface area contributed by atoms with E-state index in [2.05, 4.69) is 19.8 Å². The first-order valence-corrected chi connectivity index (χ1v) is 6.75. The lowest BCUT2D eigenvalue weighted by Gasteiger charge is -2.36. The summed E-state index contributed by atoms with van der Waals surface area (Å²) < 4.78 is 0. The van der Waals surface area contributed by atoms with Gasteiger partial charge in [0.25, 0.3) is 5.69 Å². The number of aromatic nitrogens is 2. The second-order valence-corrected chi connectivity index (χ2v) is 4.80. The number of hydrogen-bond donors (Lipinski definition) is 0. The Kier molecular flexibility index (Phi) is 3.63. The van der Waals surface area contributed by atoms with E-state index < -0.39 is 0 Å². The van der Waals surface area contributed by atoms with E-state index in [1.807, 2.05) is 0 Å². The molecule has 0 spiro atoms. The summed E-state index contributed by atoms with van der Waals surface area (Å²) in [6, 6.07) is 8.49. The third-order valence-corrected chi connectivity index (χ3v) is 3.54. The summed E-state index contributed by atoms with van der Waals surface area (Å²) in [7, 11) is 0. The van der Waals surface area contributed by atoms with Crippen LogP contribution in [0, 0.1) is 10.1 Å². The molecule has 7 heteroatoms. The monoisotopic (exact) mass is 285 g/mol. The molecule has 0 atom stereocenters. The fourth-order valence-corrected chi connectivity index (χ4v) is 2.40. The van der Waals surface area contributed by atoms with Crippen molar-refractivity contribution in [3.8, 4) is 0 Å². The van der Waals surface area contributed by atoms with Crippen LogP contribution in [0.1, 0.15) is 0 Å². The zero-order chi connectivity index (χ0) is 14.7. The van der Waals surface area contributed by atoms with E-state index in [4.69, 9.17) is 0 Å². The van der Waals surface area contributed by atoms with E-state index in [0.717, 1.165) is 37.8 Å². The van der Waals surface area contributed by atoms with Crippen LogP contribution >= 0.6 is 0 Å². The van der Waals surface area contributed by atoms with Gasteiger partial charge in [-0.2, -0.15) is 0 Å². The van der Waals surface area contributed by atoms with E-state index in [0.29, 0.717) is 0 Å². The Labute approximate surface area is 122 Å². The molecule has 2 heterocycles. The highest BCUT2D eigenvalue weighted by Crippen LogP contribution is 2.21. The molecule has 108 valence electrons. The van der Waals surface area contributed by atoms with Gasteiger partial charge in [-0.15, -0.1) is 0 Å². The fraction of sp³-hybridized carbons (Fsp3) is 0.286. The third-order valence-electron chi connectivity index (χ3n) is 3.54. The Morgan fingerprint density at radius 2 is 1.52 bits per heavy atom. The second-order valence-electron chi connectivity index (χ2n) is 4.80. The molecule has 1 aromatic heterocycles. The molecule has 21 heavy (non-hydrogen) atoms. The standard InChI is InChI=1S/C14H15N5O2/c20-19(21)13-4-2-12(3-5-13)17-8-10-18(11-9-17)14-15-6-1-7-16-14/h1-7H,8-11H2. The van der Waals surface area contributed by atoms with Crippen molar-refractivity contribution >= 4 is 17.3 Å². The maximum Gasteiger partial charge on any atom is 0.269 e. The summed E-state index contributed by atoms with van der Waals surface area (Å²) in [5.41, 5.74) is 1.13. The Hall–Kier alpha value is -2.70. The van der Waals surface area contributed by atoms with Crippen molar-refractivity contribution < 1.29 is 4.92 Å². The van der Waals surface area contributed by atoms with Crippen LogP contribution in [-0.2, 0) is 0 Å². The van der Waals surface area contributed by atoms with E-state index in [9.17, 15) is 10.1 Å². The van der Waals surface area contributed by atoms with Gasteiger partial charge in [0.15, 0.2) is 0 Å². The Morgan fingerprint density at radius 3 is 2.10 bits per heavy atom. The molecular weight excluding hydrogens is 270 g/mol. The molecule has 1 aliphatic rings. The van der Waals surface area contributed by atoms with Gasteiger partial charge in [-0.3, -0.25) is 10.1 Å². The quantitative estimate of drug-likeness (QED) is 0.631. The van der Waals surface area contributed by atoms with Gasteiger partial charge in [-0.05, 0) is 18.2 Å². The Bertz CT molecular complexity index is 609. The number of rotatable bonds is 3. The minimum atomic E-state index is -0.380. The van der Waals surface area contributed by atoms with Crippen LogP contribution in [0.15, 0.2) is 42.7 Å². The van der Waals surface area contributed by atoms with Crippen molar-refractivity contribution in [1.82, 2.24) is 9.97 Å². The van der Waals surface area contributed by atoms with Crippen molar-refractivity contribution in [2.75, 3.05) is 36.0 Å². The van der Waals surface area contributed by atoms with E-state index in [1.165, 1.54) is 0 Å². The first-order valence-electron chi connectivity index (χ1n) is 6.75. The molecular formula is C14H15N5O2. The van der Waals surface area contributed by atoms with Crippen LogP contribution in [0.3, 0.4) is 0 Å². The summed E-state index contributed by atoms with van der Waals surface area (Å²) >= 11 is 0. The molecule has 1 fully saturated rings. The fourth-order valence-electron chi connectivity index (χ4n) is 2.40. The molecule has 1 aliphatic heterocycles. The summed E-state index contributed by atoms with van der Waals surface area (Å²) in [4.78, 5) is 23.1. The lowest BCUT2D eigenvalue weighted by atomic mass is 10.2. The van der Waals surface area contributed by atoms with Gasteiger partial charge in [0.1, 0.15) is 0 Å². The molecule has 0 aliphatic carbocycles. The number of piperazine rings is 1. The van der Waals surface area contributed by atoms with Crippen LogP contribution in [0.4, 0.5) is 17.3 Å². The number of nitrogens with zero attached hydrogens (tertiary/aromatic N) is 5. The average molecular weight is 285 g/mol. The van der Waals surface area contributed by atoms with Crippen molar-refractivity contribution in [3.63, 3.8) is 0 Å². The van der Waals surface area contributed by atoms with Crippen molar-refractivity contribution in [1.29, 1.82) is 0 Å². The highest BCUT2D eigenvalue weighted by Gasteiger charge is 2.19. The maximum absolute atomic E-state index is 10.7. The molecule has 0 N–H and O–H groups in total. The molecule has 0 amide bonds. The van der Waals surface area contributed by atoms with Gasteiger partial charge in [0.05, 0.1) is 4.92 Å². The number of nitro benzene ring substituents is 1. The Balaban J connectivity index is 1.64. The predicted octanol–water partition coefficient (Wildman–Crippen LogP) is 1.71. The van der Waals surface area contributed by atoms with Gasteiger partial charge in [0, 0.05) is 56.4 Å². The van der Waals surface area contributed by atoms with Gasteiger partial charge in [0.2, 0.25) is 5.95 Å². The lowest BCUT2D eigenvalue weighted by molar-refractivity contribution is -0.384. The zero-order valence-corrected chi connectivity index (χ0v) is 11.4. The summed E-state index contributed by atoms with van der Waals surface area (Å²) in [6.07, 6.45) is 3.48. The normalized spacial score (nSPS) is 15.0. The summed E-state index contributed by atoms with van der Waals surface area (Å²) in [6.45, 7) is 3.36. The highest BCUT2D eigenvalue weighted by molar-refractivity contribution is 5.52. The molecule has 0 unspecified atom stereocenters. The van der Waals surface area contributed by atoms with Crippen LogP contribution in [0.2, 0.25) is 0 Å². The van der Waals surface area contributed by atoms with Crippen LogP contribution in [0.25, 0.3) is 0 Å². The number of nitro groups is 1. The molecule has 1 aromatic carbocycles. The number of benzene rings is 1.